The van der Waals surface area contributed by atoms with Crippen LogP contribution in [0, 0.1) is 5.82 Å². The van der Waals surface area contributed by atoms with Gasteiger partial charge in [-0.2, -0.15) is 0 Å². The molecule has 2 N–H and O–H groups in total. The topological polar surface area (TPSA) is 113 Å². The van der Waals surface area contributed by atoms with E-state index in [1.165, 1.54) is 18.2 Å². The monoisotopic (exact) mass is 383 g/mol. The first-order chi connectivity index (χ1) is 12.3. The number of benzene rings is 1. The highest BCUT2D eigenvalue weighted by Crippen LogP contribution is 2.17. The lowest BCUT2D eigenvalue weighted by Gasteiger charge is -2.32. The second-order valence-electron chi connectivity index (χ2n) is 6.08. The molecule has 10 heteroatoms. The molecule has 1 fully saturated rings. The van der Waals surface area contributed by atoms with Crippen LogP contribution in [0.3, 0.4) is 0 Å². The molecular formula is C16H18FN3O5S. The van der Waals surface area contributed by atoms with Crippen molar-refractivity contribution in [2.45, 2.75) is 30.3 Å². The van der Waals surface area contributed by atoms with Gasteiger partial charge in [-0.15, -0.1) is 0 Å². The minimum absolute atomic E-state index is 0.117. The molecule has 0 spiro atoms. The third kappa shape index (κ3) is 4.45. The minimum Gasteiger partial charge on any atom is -0.476 e. The summed E-state index contributed by atoms with van der Waals surface area (Å²) in [7, 11) is -3.82. The van der Waals surface area contributed by atoms with Crippen molar-refractivity contribution < 1.29 is 27.1 Å². The van der Waals surface area contributed by atoms with Crippen LogP contribution in [0.5, 0.6) is 0 Å². The number of halogens is 1. The van der Waals surface area contributed by atoms with Gasteiger partial charge in [-0.3, -0.25) is 4.90 Å². The third-order valence-electron chi connectivity index (χ3n) is 4.06. The smallest absolute Gasteiger partial charge is 0.357 e. The van der Waals surface area contributed by atoms with Gasteiger partial charge in [0.15, 0.2) is 5.69 Å². The van der Waals surface area contributed by atoms with E-state index in [0.29, 0.717) is 19.5 Å². The van der Waals surface area contributed by atoms with Gasteiger partial charge in [-0.05, 0) is 37.6 Å². The highest BCUT2D eigenvalue weighted by Gasteiger charge is 2.26. The van der Waals surface area contributed by atoms with Crippen molar-refractivity contribution in [1.29, 1.82) is 0 Å². The Morgan fingerprint density at radius 2 is 2.27 bits per heavy atom. The first kappa shape index (κ1) is 18.5. The summed E-state index contributed by atoms with van der Waals surface area (Å²) in [6, 6.07) is 4.50. The van der Waals surface area contributed by atoms with Gasteiger partial charge in [0.25, 0.3) is 0 Å². The molecule has 2 heterocycles. The van der Waals surface area contributed by atoms with Gasteiger partial charge in [0, 0.05) is 12.6 Å². The van der Waals surface area contributed by atoms with Gasteiger partial charge in [0.1, 0.15) is 12.1 Å². The number of carboxylic acids is 1. The van der Waals surface area contributed by atoms with Gasteiger partial charge in [0.2, 0.25) is 15.9 Å². The van der Waals surface area contributed by atoms with E-state index >= 15 is 0 Å². The van der Waals surface area contributed by atoms with Crippen LogP contribution in [0.25, 0.3) is 0 Å². The van der Waals surface area contributed by atoms with Crippen molar-refractivity contribution in [3.05, 3.63) is 47.9 Å². The summed E-state index contributed by atoms with van der Waals surface area (Å²) in [4.78, 5) is 16.5. The van der Waals surface area contributed by atoms with E-state index in [9.17, 15) is 17.6 Å². The van der Waals surface area contributed by atoms with Crippen LogP contribution in [0.2, 0.25) is 0 Å². The number of carbonyl (C=O) groups is 1. The van der Waals surface area contributed by atoms with Crippen LogP contribution < -0.4 is 4.72 Å². The van der Waals surface area contributed by atoms with Gasteiger partial charge in [0.05, 0.1) is 11.4 Å². The Balaban J connectivity index is 1.63. The largest absolute Gasteiger partial charge is 0.476 e. The molecule has 140 valence electrons. The van der Waals surface area contributed by atoms with E-state index in [2.05, 4.69) is 9.71 Å². The van der Waals surface area contributed by atoms with E-state index in [4.69, 9.17) is 9.52 Å². The summed E-state index contributed by atoms with van der Waals surface area (Å²) < 4.78 is 45.8. The standard InChI is InChI=1S/C16H18FN3O5S/c17-11-3-1-5-13(7-11)26(23,24)19-12-4-2-6-20(8-12)9-15-18-14(10-25-15)16(21)22/h1,3,5,7,10,12,19H,2,4,6,8-9H2,(H,21,22). The maximum absolute atomic E-state index is 13.3. The minimum atomic E-state index is -3.82. The fourth-order valence-corrected chi connectivity index (χ4v) is 4.18. The fraction of sp³-hybridized carbons (Fsp3) is 0.375. The molecular weight excluding hydrogens is 365 g/mol. The summed E-state index contributed by atoms with van der Waals surface area (Å²) in [5.74, 6) is -1.52. The molecule has 1 aromatic carbocycles. The van der Waals surface area contributed by atoms with Crippen molar-refractivity contribution in [2.75, 3.05) is 13.1 Å². The van der Waals surface area contributed by atoms with Crippen LogP contribution in [-0.2, 0) is 16.6 Å². The normalized spacial score (nSPS) is 18.7. The zero-order valence-corrected chi connectivity index (χ0v) is 14.6. The number of rotatable bonds is 6. The molecule has 1 aliphatic heterocycles. The van der Waals surface area contributed by atoms with Crippen LogP contribution in [0.15, 0.2) is 39.8 Å². The van der Waals surface area contributed by atoms with Gasteiger partial charge in [-0.1, -0.05) is 6.07 Å². The van der Waals surface area contributed by atoms with E-state index in [0.717, 1.165) is 18.8 Å². The molecule has 1 saturated heterocycles. The highest BCUT2D eigenvalue weighted by atomic mass is 32.2. The molecule has 0 amide bonds. The van der Waals surface area contributed by atoms with Gasteiger partial charge < -0.3 is 9.52 Å². The van der Waals surface area contributed by atoms with E-state index in [-0.39, 0.29) is 29.1 Å². The molecule has 0 bridgehead atoms. The second kappa shape index (κ2) is 7.52. The third-order valence-corrected chi connectivity index (χ3v) is 5.58. The molecule has 0 aliphatic carbocycles. The van der Waals surface area contributed by atoms with Crippen LogP contribution in [-0.4, -0.2) is 48.5 Å². The van der Waals surface area contributed by atoms with Crippen molar-refractivity contribution >= 4 is 16.0 Å². The SMILES string of the molecule is O=C(O)c1coc(CN2CCCC(NS(=O)(=O)c3cccc(F)c3)C2)n1. The maximum Gasteiger partial charge on any atom is 0.357 e. The number of aromatic carboxylic acids is 1. The average molecular weight is 383 g/mol. The molecule has 0 radical (unpaired) electrons. The molecule has 1 aliphatic rings. The Morgan fingerprint density at radius 3 is 2.96 bits per heavy atom. The number of hydrogen-bond donors (Lipinski definition) is 2. The Bertz CT molecular complexity index is 899. The predicted octanol–water partition coefficient (Wildman–Crippen LogP) is 1.45. The van der Waals surface area contributed by atoms with Crippen LogP contribution >= 0.6 is 0 Å². The summed E-state index contributed by atoms with van der Waals surface area (Å²) in [6.45, 7) is 1.41. The Labute approximate surface area is 149 Å². The molecule has 1 unspecified atom stereocenters. The summed E-state index contributed by atoms with van der Waals surface area (Å²) in [5, 5.41) is 8.86. The predicted molar refractivity (Wildman–Crippen MR) is 88.5 cm³/mol. The van der Waals surface area contributed by atoms with Crippen molar-refractivity contribution in [2.24, 2.45) is 0 Å². The number of sulfonamides is 1. The molecule has 2 aromatic rings. The number of likely N-dealkylation sites (tertiary alicyclic amines) is 1. The summed E-state index contributed by atoms with van der Waals surface area (Å²) >= 11 is 0. The zero-order valence-electron chi connectivity index (χ0n) is 13.8. The second-order valence-corrected chi connectivity index (χ2v) is 7.80. The number of nitrogens with one attached hydrogen (secondary N) is 1. The van der Waals surface area contributed by atoms with Crippen molar-refractivity contribution in [3.63, 3.8) is 0 Å². The lowest BCUT2D eigenvalue weighted by molar-refractivity contribution is 0.0690. The van der Waals surface area contributed by atoms with Crippen molar-refractivity contribution in [1.82, 2.24) is 14.6 Å². The zero-order chi connectivity index (χ0) is 18.7. The lowest BCUT2D eigenvalue weighted by Crippen LogP contribution is -2.47. The van der Waals surface area contributed by atoms with Crippen molar-refractivity contribution in [3.8, 4) is 0 Å². The quantitative estimate of drug-likeness (QED) is 0.776. The van der Waals surface area contributed by atoms with E-state index < -0.39 is 21.8 Å². The molecule has 26 heavy (non-hydrogen) atoms. The Morgan fingerprint density at radius 1 is 1.46 bits per heavy atom. The number of oxazole rings is 1. The first-order valence-electron chi connectivity index (χ1n) is 8.01. The molecule has 1 aromatic heterocycles. The molecule has 3 rings (SSSR count). The number of aromatic nitrogens is 1. The number of piperidine rings is 1. The summed E-state index contributed by atoms with van der Waals surface area (Å²) in [6.07, 6.45) is 2.48. The van der Waals surface area contributed by atoms with E-state index in [1.807, 2.05) is 4.90 Å². The Hall–Kier alpha value is -2.30. The molecule has 1 atom stereocenters. The summed E-state index contributed by atoms with van der Waals surface area (Å²) in [5.41, 5.74) is -0.166. The maximum atomic E-state index is 13.3. The number of nitrogens with zero attached hydrogens (tertiary/aromatic N) is 2. The molecule has 8 nitrogen and oxygen atoms in total. The lowest BCUT2D eigenvalue weighted by atomic mass is 10.1. The van der Waals surface area contributed by atoms with Gasteiger partial charge >= 0.3 is 5.97 Å². The highest BCUT2D eigenvalue weighted by molar-refractivity contribution is 7.89. The Kier molecular flexibility index (Phi) is 5.35. The fourth-order valence-electron chi connectivity index (χ4n) is 2.89. The first-order valence-corrected chi connectivity index (χ1v) is 9.50. The van der Waals surface area contributed by atoms with Crippen LogP contribution in [0.4, 0.5) is 4.39 Å². The van der Waals surface area contributed by atoms with Gasteiger partial charge in [-0.25, -0.2) is 27.3 Å². The van der Waals surface area contributed by atoms with Crippen LogP contribution in [0.1, 0.15) is 29.2 Å². The number of hydrogen-bond acceptors (Lipinski definition) is 6. The average Bonchev–Trinajstić information content (AvgIpc) is 3.03. The van der Waals surface area contributed by atoms with E-state index in [1.54, 1.807) is 0 Å². The molecule has 0 saturated carbocycles. The number of carboxylic acid groups (broad SMARTS) is 1.